The quantitative estimate of drug-likeness (QED) is 0.749. The van der Waals surface area contributed by atoms with Crippen LogP contribution in [-0.4, -0.2) is 11.6 Å². The Balaban J connectivity index is 2.87. The van der Waals surface area contributed by atoms with Crippen LogP contribution in [0.2, 0.25) is 10.0 Å². The number of ketones is 2. The van der Waals surface area contributed by atoms with Crippen molar-refractivity contribution in [2.75, 3.05) is 0 Å². The van der Waals surface area contributed by atoms with Crippen LogP contribution in [0.25, 0.3) is 0 Å². The molecule has 0 aliphatic heterocycles. The highest BCUT2D eigenvalue weighted by Crippen LogP contribution is 2.21. The third-order valence-electron chi connectivity index (χ3n) is 1.76. The molecule has 0 saturated carbocycles. The number of carbonyl (C=O) groups is 2. The van der Waals surface area contributed by atoms with Crippen molar-refractivity contribution in [1.29, 1.82) is 0 Å². The zero-order valence-electron chi connectivity index (χ0n) is 7.51. The van der Waals surface area contributed by atoms with Crippen molar-refractivity contribution >= 4 is 34.8 Å². The predicted molar refractivity (Wildman–Crippen MR) is 55.9 cm³/mol. The van der Waals surface area contributed by atoms with Gasteiger partial charge >= 0.3 is 0 Å². The molecule has 1 aromatic carbocycles. The van der Waals surface area contributed by atoms with E-state index in [2.05, 4.69) is 0 Å². The van der Waals surface area contributed by atoms with Crippen molar-refractivity contribution in [3.05, 3.63) is 33.8 Å². The number of hydrogen-bond donors (Lipinski definition) is 0. The first-order chi connectivity index (χ1) is 6.50. The molecule has 0 unspecified atom stereocenters. The van der Waals surface area contributed by atoms with Crippen LogP contribution in [0, 0.1) is 0 Å². The summed E-state index contributed by atoms with van der Waals surface area (Å²) in [6, 6.07) is 4.83. The second-order valence-electron chi connectivity index (χ2n) is 2.89. The first-order valence-electron chi connectivity index (χ1n) is 3.98. The maximum atomic E-state index is 11.1. The minimum absolute atomic E-state index is 0.0331. The fourth-order valence-electron chi connectivity index (χ4n) is 0.962. The summed E-state index contributed by atoms with van der Waals surface area (Å²) in [6.07, 6.45) is 0.0331. The van der Waals surface area contributed by atoms with Crippen molar-refractivity contribution in [2.45, 2.75) is 13.3 Å². The molecule has 0 spiro atoms. The van der Waals surface area contributed by atoms with Crippen LogP contribution in [0.4, 0.5) is 0 Å². The van der Waals surface area contributed by atoms with Gasteiger partial charge in [-0.25, -0.2) is 0 Å². The van der Waals surface area contributed by atoms with Crippen LogP contribution in [-0.2, 0) is 16.0 Å². The van der Waals surface area contributed by atoms with Crippen molar-refractivity contribution in [2.24, 2.45) is 0 Å². The second-order valence-corrected chi connectivity index (χ2v) is 3.74. The van der Waals surface area contributed by atoms with Gasteiger partial charge in [0.05, 0.1) is 0 Å². The second kappa shape index (κ2) is 4.58. The van der Waals surface area contributed by atoms with Crippen molar-refractivity contribution in [3.63, 3.8) is 0 Å². The average molecular weight is 231 g/mol. The van der Waals surface area contributed by atoms with Gasteiger partial charge in [0, 0.05) is 23.4 Å². The third-order valence-corrected chi connectivity index (χ3v) is 2.35. The minimum Gasteiger partial charge on any atom is -0.291 e. The first kappa shape index (κ1) is 11.2. The molecule has 0 amide bonds. The summed E-state index contributed by atoms with van der Waals surface area (Å²) in [5.74, 6) is -0.912. The number of rotatable bonds is 3. The van der Waals surface area contributed by atoms with E-state index < -0.39 is 11.6 Å². The topological polar surface area (TPSA) is 34.1 Å². The van der Waals surface area contributed by atoms with Gasteiger partial charge in [0.15, 0.2) is 5.78 Å². The molecule has 0 fully saturated rings. The molecular formula is C10H8Cl2O2. The summed E-state index contributed by atoms with van der Waals surface area (Å²) < 4.78 is 0. The van der Waals surface area contributed by atoms with E-state index in [1.165, 1.54) is 6.92 Å². The fraction of sp³-hybridized carbons (Fsp3) is 0.200. The van der Waals surface area contributed by atoms with Gasteiger partial charge in [0.25, 0.3) is 0 Å². The van der Waals surface area contributed by atoms with Gasteiger partial charge < -0.3 is 0 Å². The lowest BCUT2D eigenvalue weighted by molar-refractivity contribution is -0.134. The molecule has 0 aliphatic rings. The van der Waals surface area contributed by atoms with Gasteiger partial charge in [-0.3, -0.25) is 9.59 Å². The summed E-state index contributed by atoms with van der Waals surface area (Å²) in [4.78, 5) is 21.8. The van der Waals surface area contributed by atoms with E-state index in [1.807, 2.05) is 0 Å². The van der Waals surface area contributed by atoms with E-state index in [0.717, 1.165) is 0 Å². The van der Waals surface area contributed by atoms with Crippen LogP contribution in [0.1, 0.15) is 12.5 Å². The van der Waals surface area contributed by atoms with Gasteiger partial charge in [-0.2, -0.15) is 0 Å². The largest absolute Gasteiger partial charge is 0.291 e. The third kappa shape index (κ3) is 2.82. The molecular weight excluding hydrogens is 223 g/mol. The highest BCUT2D eigenvalue weighted by molar-refractivity contribution is 6.38. The molecule has 0 atom stereocenters. The Morgan fingerprint density at radius 3 is 2.43 bits per heavy atom. The van der Waals surface area contributed by atoms with E-state index in [0.29, 0.717) is 15.6 Å². The van der Waals surface area contributed by atoms with E-state index in [4.69, 9.17) is 23.2 Å². The highest BCUT2D eigenvalue weighted by atomic mass is 35.5. The zero-order valence-corrected chi connectivity index (χ0v) is 9.02. The Bertz CT molecular complexity index is 386. The van der Waals surface area contributed by atoms with E-state index >= 15 is 0 Å². The van der Waals surface area contributed by atoms with Gasteiger partial charge in [-0.1, -0.05) is 29.3 Å². The van der Waals surface area contributed by atoms with Crippen molar-refractivity contribution in [1.82, 2.24) is 0 Å². The monoisotopic (exact) mass is 230 g/mol. The Morgan fingerprint density at radius 2 is 1.93 bits per heavy atom. The van der Waals surface area contributed by atoms with Gasteiger partial charge in [-0.05, 0) is 17.7 Å². The maximum Gasteiger partial charge on any atom is 0.202 e. The van der Waals surface area contributed by atoms with Crippen LogP contribution in [0.15, 0.2) is 18.2 Å². The smallest absolute Gasteiger partial charge is 0.202 e. The molecule has 0 saturated heterocycles. The molecule has 14 heavy (non-hydrogen) atoms. The Kier molecular flexibility index (Phi) is 3.67. The molecule has 2 nitrogen and oxygen atoms in total. The molecule has 4 heteroatoms. The lowest BCUT2D eigenvalue weighted by Crippen LogP contribution is -2.12. The summed E-state index contributed by atoms with van der Waals surface area (Å²) in [6.45, 7) is 1.24. The van der Waals surface area contributed by atoms with Gasteiger partial charge in [0.2, 0.25) is 5.78 Å². The van der Waals surface area contributed by atoms with Crippen LogP contribution < -0.4 is 0 Å². The Hall–Kier alpha value is -0.860. The average Bonchev–Trinajstić information content (AvgIpc) is 2.09. The molecule has 0 heterocycles. The van der Waals surface area contributed by atoms with E-state index in [1.54, 1.807) is 18.2 Å². The SMILES string of the molecule is CC(=O)C(=O)Cc1ccc(Cl)cc1Cl. The molecule has 0 N–H and O–H groups in total. The molecule has 0 aromatic heterocycles. The van der Waals surface area contributed by atoms with Gasteiger partial charge in [0.1, 0.15) is 0 Å². The van der Waals surface area contributed by atoms with E-state index in [9.17, 15) is 9.59 Å². The first-order valence-corrected chi connectivity index (χ1v) is 4.74. The standard InChI is InChI=1S/C10H8Cl2O2/c1-6(13)10(14)4-7-2-3-8(11)5-9(7)12/h2-3,5H,4H2,1H3. The lowest BCUT2D eigenvalue weighted by atomic mass is 10.1. The van der Waals surface area contributed by atoms with Gasteiger partial charge in [-0.15, -0.1) is 0 Å². The van der Waals surface area contributed by atoms with Crippen LogP contribution >= 0.6 is 23.2 Å². The number of hydrogen-bond acceptors (Lipinski definition) is 2. The summed E-state index contributed by atoms with van der Waals surface area (Å²) in [5.41, 5.74) is 0.622. The summed E-state index contributed by atoms with van der Waals surface area (Å²) >= 11 is 11.5. The highest BCUT2D eigenvalue weighted by Gasteiger charge is 2.11. The number of benzene rings is 1. The lowest BCUT2D eigenvalue weighted by Gasteiger charge is -2.01. The Labute approximate surface area is 91.8 Å². The molecule has 0 aliphatic carbocycles. The minimum atomic E-state index is -0.462. The molecule has 1 rings (SSSR count). The van der Waals surface area contributed by atoms with Crippen LogP contribution in [0.3, 0.4) is 0 Å². The zero-order chi connectivity index (χ0) is 10.7. The van der Waals surface area contributed by atoms with E-state index in [-0.39, 0.29) is 6.42 Å². The number of Topliss-reactive ketones (excluding diaryl/α,β-unsaturated/α-hetero) is 2. The Morgan fingerprint density at radius 1 is 1.29 bits per heavy atom. The summed E-state index contributed by atoms with van der Waals surface area (Å²) in [5, 5.41) is 0.918. The van der Waals surface area contributed by atoms with Crippen LogP contribution in [0.5, 0.6) is 0 Å². The molecule has 0 bridgehead atoms. The molecule has 74 valence electrons. The molecule has 1 aromatic rings. The molecule has 0 radical (unpaired) electrons. The number of halogens is 2. The normalized spacial score (nSPS) is 9.93. The van der Waals surface area contributed by atoms with Crippen molar-refractivity contribution < 1.29 is 9.59 Å². The predicted octanol–water partition coefficient (Wildman–Crippen LogP) is 2.69. The number of carbonyl (C=O) groups excluding carboxylic acids is 2. The fourth-order valence-corrected chi connectivity index (χ4v) is 1.44. The van der Waals surface area contributed by atoms with Crippen molar-refractivity contribution in [3.8, 4) is 0 Å². The summed E-state index contributed by atoms with van der Waals surface area (Å²) in [7, 11) is 0. The maximum absolute atomic E-state index is 11.1.